The number of amides is 2. The molecule has 12 heteroatoms. The number of thiazole rings is 1. The van der Waals surface area contributed by atoms with Crippen molar-refractivity contribution in [2.75, 3.05) is 24.6 Å². The molecule has 0 aliphatic carbocycles. The number of nitrogens with zero attached hydrogens (tertiary/aromatic N) is 3. The molecule has 0 radical (unpaired) electrons. The molecule has 2 amide bonds. The number of esters is 1. The van der Waals surface area contributed by atoms with Crippen LogP contribution >= 0.6 is 34.9 Å². The second-order valence-electron chi connectivity index (χ2n) is 10.8. The first-order valence-electron chi connectivity index (χ1n) is 15.0. The Bertz CT molecular complexity index is 1140. The van der Waals surface area contributed by atoms with Crippen LogP contribution in [0.1, 0.15) is 95.7 Å². The summed E-state index contributed by atoms with van der Waals surface area (Å²) in [4.78, 5) is 62.6. The number of hydrogen-bond acceptors (Lipinski definition) is 10. The number of allylic oxidation sites excluding steroid dienone is 1. The van der Waals surface area contributed by atoms with E-state index in [1.54, 1.807) is 13.0 Å². The van der Waals surface area contributed by atoms with Crippen molar-refractivity contribution in [2.24, 2.45) is 4.99 Å². The van der Waals surface area contributed by atoms with E-state index >= 15 is 0 Å². The average Bonchev–Trinajstić information content (AvgIpc) is 3.60. The van der Waals surface area contributed by atoms with Crippen LogP contribution in [0.3, 0.4) is 0 Å². The van der Waals surface area contributed by atoms with Crippen molar-refractivity contribution >= 4 is 62.8 Å². The summed E-state index contributed by atoms with van der Waals surface area (Å²) in [7, 11) is 0. The van der Waals surface area contributed by atoms with E-state index in [1.807, 2.05) is 18.4 Å². The van der Waals surface area contributed by atoms with Crippen molar-refractivity contribution in [3.63, 3.8) is 0 Å². The van der Waals surface area contributed by atoms with Gasteiger partial charge in [-0.25, -0.2) is 4.98 Å². The number of carbonyl (C=O) groups excluding carboxylic acids is 4. The first-order valence-corrected chi connectivity index (χ1v) is 17.8. The molecule has 2 atom stereocenters. The first-order chi connectivity index (χ1) is 20.2. The quantitative estimate of drug-likeness (QED) is 0.171. The molecule has 0 saturated heterocycles. The van der Waals surface area contributed by atoms with E-state index in [9.17, 15) is 19.2 Å². The van der Waals surface area contributed by atoms with Gasteiger partial charge >= 0.3 is 5.97 Å². The molecule has 2 aliphatic rings. The largest absolute Gasteiger partial charge is 0.456 e. The summed E-state index contributed by atoms with van der Waals surface area (Å²) in [5.74, 6) is 0.0420. The lowest BCUT2D eigenvalue weighted by Gasteiger charge is -2.29. The summed E-state index contributed by atoms with van der Waals surface area (Å²) >= 11 is 4.23. The molecule has 42 heavy (non-hydrogen) atoms. The Hall–Kier alpha value is -2.18. The number of carbonyl (C=O) groups is 4. The van der Waals surface area contributed by atoms with Crippen LogP contribution in [0, 0.1) is 0 Å². The van der Waals surface area contributed by atoms with Gasteiger partial charge in [0.2, 0.25) is 5.91 Å². The maximum atomic E-state index is 13.6. The predicted molar refractivity (Wildman–Crippen MR) is 172 cm³/mol. The zero-order valence-corrected chi connectivity index (χ0v) is 27.5. The molecule has 1 N–H and O–H groups in total. The van der Waals surface area contributed by atoms with Crippen molar-refractivity contribution in [1.29, 1.82) is 0 Å². The van der Waals surface area contributed by atoms with Crippen LogP contribution in [-0.2, 0) is 30.5 Å². The van der Waals surface area contributed by atoms with Crippen LogP contribution in [0.2, 0.25) is 0 Å². The third-order valence-corrected chi connectivity index (χ3v) is 10.0. The second kappa shape index (κ2) is 17.8. The van der Waals surface area contributed by atoms with Crippen molar-refractivity contribution in [2.45, 2.75) is 103 Å². The lowest BCUT2D eigenvalue weighted by molar-refractivity contribution is -0.153. The third kappa shape index (κ3) is 11.1. The summed E-state index contributed by atoms with van der Waals surface area (Å²) < 4.78 is 5.73. The van der Waals surface area contributed by atoms with Crippen molar-refractivity contribution < 1.29 is 23.9 Å². The molecule has 2 aliphatic heterocycles. The number of thioether (sulfide) groups is 2. The molecular weight excluding hydrogens is 593 g/mol. The zero-order chi connectivity index (χ0) is 30.4. The average molecular weight is 637 g/mol. The third-order valence-electron chi connectivity index (χ3n) is 6.95. The van der Waals surface area contributed by atoms with Gasteiger partial charge in [0, 0.05) is 29.9 Å². The fourth-order valence-corrected chi connectivity index (χ4v) is 7.23. The number of unbranched alkanes of at least 4 members (excludes halogenated alkanes) is 5. The van der Waals surface area contributed by atoms with E-state index in [0.29, 0.717) is 41.6 Å². The predicted octanol–water partition coefficient (Wildman–Crippen LogP) is 5.52. The van der Waals surface area contributed by atoms with Gasteiger partial charge in [-0.05, 0) is 32.3 Å². The molecule has 3 rings (SSSR count). The topological polar surface area (TPSA) is 118 Å². The molecule has 1 aromatic heterocycles. The van der Waals surface area contributed by atoms with Gasteiger partial charge in [0.1, 0.15) is 33.9 Å². The van der Waals surface area contributed by atoms with Crippen molar-refractivity contribution in [1.82, 2.24) is 15.2 Å². The van der Waals surface area contributed by atoms with Gasteiger partial charge in [0.25, 0.3) is 5.91 Å². The summed E-state index contributed by atoms with van der Waals surface area (Å²) in [6, 6.07) is 0. The molecule has 4 bridgehead atoms. The van der Waals surface area contributed by atoms with Gasteiger partial charge in [0.05, 0.1) is 13.0 Å². The fourth-order valence-electron chi connectivity index (χ4n) is 4.54. The number of cyclic esters (lactones) is 1. The van der Waals surface area contributed by atoms with Gasteiger partial charge in [-0.3, -0.25) is 24.2 Å². The van der Waals surface area contributed by atoms with Crippen LogP contribution < -0.4 is 5.32 Å². The molecule has 232 valence electrons. The molecule has 1 aromatic rings. The summed E-state index contributed by atoms with van der Waals surface area (Å²) in [5.41, 5.74) is -0.293. The Morgan fingerprint density at radius 2 is 1.98 bits per heavy atom. The number of fused-ring (bicyclic) bond motifs is 4. The van der Waals surface area contributed by atoms with Crippen LogP contribution in [-0.4, -0.2) is 74.1 Å². The Labute approximate surface area is 262 Å². The fraction of sp³-hybridized carbons (Fsp3) is 0.667. The van der Waals surface area contributed by atoms with Gasteiger partial charge in [-0.1, -0.05) is 63.8 Å². The lowest BCUT2D eigenvalue weighted by atomic mass is 10.0. The maximum absolute atomic E-state index is 13.6. The lowest BCUT2D eigenvalue weighted by Crippen LogP contribution is -2.49. The highest BCUT2D eigenvalue weighted by Crippen LogP contribution is 2.33. The number of nitrogens with one attached hydrogen (secondary N) is 1. The van der Waals surface area contributed by atoms with Crippen molar-refractivity contribution in [3.05, 3.63) is 28.2 Å². The monoisotopic (exact) mass is 636 g/mol. The minimum absolute atomic E-state index is 0.0481. The standard InChI is InChI=1S/C30H44N4O5S3/c1-4-6-8-9-10-14-27(37)40-16-12-11-13-22-17-24(35)31-18-25-32-23(20-41-25)28-33-30(3,21-42-28)29(38)34(15-7-5-2)19-26(36)39-22/h11,13,20,22H,4-10,12,14-19,21H2,1-3H3,(H,31,35)/b13-11+/t22-,30+/m1/s1. The molecule has 9 nitrogen and oxygen atoms in total. The van der Waals surface area contributed by atoms with Crippen molar-refractivity contribution in [3.8, 4) is 0 Å². The Kier molecular flexibility index (Phi) is 14.6. The highest BCUT2D eigenvalue weighted by molar-refractivity contribution is 8.14. The molecular formula is C30H44N4O5S3. The van der Waals surface area contributed by atoms with Gasteiger partial charge in [0.15, 0.2) is 5.12 Å². The summed E-state index contributed by atoms with van der Waals surface area (Å²) in [6.07, 6.45) is 11.1. The maximum Gasteiger partial charge on any atom is 0.326 e. The number of aliphatic imine (C=N–C) groups is 1. The molecule has 3 heterocycles. The Morgan fingerprint density at radius 3 is 2.76 bits per heavy atom. The summed E-state index contributed by atoms with van der Waals surface area (Å²) in [6.45, 7) is 6.47. The smallest absolute Gasteiger partial charge is 0.326 e. The highest BCUT2D eigenvalue weighted by atomic mass is 32.2. The van der Waals surface area contributed by atoms with E-state index in [2.05, 4.69) is 17.2 Å². The number of hydrogen-bond donors (Lipinski definition) is 1. The number of aromatic nitrogens is 1. The molecule has 0 unspecified atom stereocenters. The van der Waals surface area contributed by atoms with E-state index in [4.69, 9.17) is 9.73 Å². The van der Waals surface area contributed by atoms with Crippen LogP contribution in [0.15, 0.2) is 22.5 Å². The molecule has 0 aromatic carbocycles. The molecule has 0 spiro atoms. The highest BCUT2D eigenvalue weighted by Gasteiger charge is 2.42. The van der Waals surface area contributed by atoms with Gasteiger partial charge in [-0.15, -0.1) is 23.1 Å². The molecule has 0 fully saturated rings. The van der Waals surface area contributed by atoms with Gasteiger partial charge < -0.3 is 15.0 Å². The molecule has 0 saturated carbocycles. The summed E-state index contributed by atoms with van der Waals surface area (Å²) in [5, 5.41) is 6.39. The van der Waals surface area contributed by atoms with Crippen LogP contribution in [0.4, 0.5) is 0 Å². The van der Waals surface area contributed by atoms with E-state index < -0.39 is 17.6 Å². The SMILES string of the molecule is CCCCCCCC(=O)SCC/C=C/[C@@H]1CC(=O)NCc2nc(cs2)C2=N[C@@](C)(CS2)C(=O)N(CCCC)CC(=O)O1. The Morgan fingerprint density at radius 1 is 1.19 bits per heavy atom. The normalized spacial score (nSPS) is 21.9. The second-order valence-corrected chi connectivity index (χ2v) is 13.9. The zero-order valence-electron chi connectivity index (χ0n) is 25.0. The number of rotatable bonds is 13. The minimum Gasteiger partial charge on any atom is -0.456 e. The number of ether oxygens (including phenoxy) is 1. The van der Waals surface area contributed by atoms with E-state index in [1.165, 1.54) is 59.0 Å². The minimum atomic E-state index is -0.993. The van der Waals surface area contributed by atoms with Crippen LogP contribution in [0.5, 0.6) is 0 Å². The van der Waals surface area contributed by atoms with E-state index in [-0.39, 0.29) is 36.4 Å². The van der Waals surface area contributed by atoms with Gasteiger partial charge in [-0.2, -0.15) is 0 Å². The van der Waals surface area contributed by atoms with Crippen LogP contribution in [0.25, 0.3) is 0 Å². The first kappa shape index (κ1) is 34.3. The Balaban J connectivity index is 1.66. The van der Waals surface area contributed by atoms with E-state index in [0.717, 1.165) is 30.7 Å².